The van der Waals surface area contributed by atoms with Crippen LogP contribution < -0.4 is 0 Å². The summed E-state index contributed by atoms with van der Waals surface area (Å²) in [4.78, 5) is 14.3. The first kappa shape index (κ1) is 13.0. The van der Waals surface area contributed by atoms with Gasteiger partial charge in [-0.15, -0.1) is 0 Å². The van der Waals surface area contributed by atoms with E-state index in [1.807, 2.05) is 6.92 Å². The zero-order valence-electron chi connectivity index (χ0n) is 10.0. The first-order valence-electron chi connectivity index (χ1n) is 5.94. The van der Waals surface area contributed by atoms with Gasteiger partial charge in [0, 0.05) is 23.8 Å². The van der Waals surface area contributed by atoms with Gasteiger partial charge < -0.3 is 4.90 Å². The second-order valence-corrected chi connectivity index (χ2v) is 5.52. The van der Waals surface area contributed by atoms with Crippen LogP contribution in [0.25, 0.3) is 0 Å². The first-order valence-corrected chi connectivity index (χ1v) is 7.06. The van der Waals surface area contributed by atoms with Gasteiger partial charge >= 0.3 is 0 Å². The molecule has 1 aliphatic heterocycles. The lowest BCUT2D eigenvalue weighted by Gasteiger charge is -2.37. The van der Waals surface area contributed by atoms with E-state index in [9.17, 15) is 4.79 Å². The lowest BCUT2D eigenvalue weighted by atomic mass is 9.94. The van der Waals surface area contributed by atoms with E-state index in [0.717, 1.165) is 18.3 Å². The van der Waals surface area contributed by atoms with E-state index >= 15 is 0 Å². The molecule has 0 spiro atoms. The van der Waals surface area contributed by atoms with Gasteiger partial charge in [0.15, 0.2) is 0 Å². The van der Waals surface area contributed by atoms with Crippen LogP contribution in [0.5, 0.6) is 0 Å². The Balaban J connectivity index is 2.63. The van der Waals surface area contributed by atoms with Crippen LogP contribution in [-0.4, -0.2) is 28.7 Å². The number of hydrogen-bond acceptors (Lipinski definition) is 1. The molecule has 2 unspecified atom stereocenters. The molecule has 2 atom stereocenters. The largest absolute Gasteiger partial charge is 0.339 e. The summed E-state index contributed by atoms with van der Waals surface area (Å²) in [7, 11) is 0. The number of amides is 1. The number of likely N-dealkylation sites (tertiary alicyclic amines) is 1. The summed E-state index contributed by atoms with van der Waals surface area (Å²) < 4.78 is 0. The maximum absolute atomic E-state index is 12.2. The normalized spacial score (nSPS) is 24.3. The van der Waals surface area contributed by atoms with Gasteiger partial charge in [-0.2, -0.15) is 0 Å². The predicted octanol–water partition coefficient (Wildman–Crippen LogP) is 3.05. The van der Waals surface area contributed by atoms with Gasteiger partial charge in [-0.3, -0.25) is 4.79 Å². The van der Waals surface area contributed by atoms with Crippen LogP contribution in [0.2, 0.25) is 0 Å². The van der Waals surface area contributed by atoms with E-state index < -0.39 is 0 Å². The number of halogens is 1. The molecule has 1 rings (SSSR count). The Morgan fingerprint density at radius 3 is 2.60 bits per heavy atom. The van der Waals surface area contributed by atoms with E-state index in [4.69, 9.17) is 0 Å². The molecule has 2 nitrogen and oxygen atoms in total. The highest BCUT2D eigenvalue weighted by atomic mass is 79.9. The van der Waals surface area contributed by atoms with Gasteiger partial charge in [-0.1, -0.05) is 36.7 Å². The third kappa shape index (κ3) is 3.20. The molecular weight excluding hydrogens is 254 g/mol. The Bertz CT molecular complexity index is 218. The SMILES string of the molecule is CC(C)C(C)C(=O)N1CCCCC1CBr. The molecule has 0 aromatic heterocycles. The quantitative estimate of drug-likeness (QED) is 0.725. The van der Waals surface area contributed by atoms with Crippen molar-refractivity contribution in [1.29, 1.82) is 0 Å². The smallest absolute Gasteiger partial charge is 0.225 e. The minimum absolute atomic E-state index is 0.157. The predicted molar refractivity (Wildman–Crippen MR) is 67.1 cm³/mol. The van der Waals surface area contributed by atoms with Crippen LogP contribution in [0.3, 0.4) is 0 Å². The third-order valence-corrected chi connectivity index (χ3v) is 4.23. The van der Waals surface area contributed by atoms with Crippen molar-refractivity contribution in [1.82, 2.24) is 4.90 Å². The zero-order valence-corrected chi connectivity index (χ0v) is 11.6. The van der Waals surface area contributed by atoms with Crippen molar-refractivity contribution in [2.24, 2.45) is 11.8 Å². The summed E-state index contributed by atoms with van der Waals surface area (Å²) in [6.45, 7) is 7.24. The molecule has 15 heavy (non-hydrogen) atoms. The minimum atomic E-state index is 0.157. The average molecular weight is 276 g/mol. The summed E-state index contributed by atoms with van der Waals surface area (Å²) in [5.41, 5.74) is 0. The Morgan fingerprint density at radius 2 is 2.07 bits per heavy atom. The highest BCUT2D eigenvalue weighted by Crippen LogP contribution is 2.23. The standard InChI is InChI=1S/C12H22BrNO/c1-9(2)10(3)12(15)14-7-5-4-6-11(14)8-13/h9-11H,4-8H2,1-3H3. The monoisotopic (exact) mass is 275 g/mol. The summed E-state index contributed by atoms with van der Waals surface area (Å²) >= 11 is 3.51. The molecule has 0 aliphatic carbocycles. The topological polar surface area (TPSA) is 20.3 Å². The molecule has 1 fully saturated rings. The highest BCUT2D eigenvalue weighted by molar-refractivity contribution is 9.09. The van der Waals surface area contributed by atoms with Crippen LogP contribution in [-0.2, 0) is 4.79 Å². The highest BCUT2D eigenvalue weighted by Gasteiger charge is 2.29. The van der Waals surface area contributed by atoms with Crippen molar-refractivity contribution in [3.63, 3.8) is 0 Å². The fourth-order valence-corrected chi connectivity index (χ4v) is 2.67. The zero-order chi connectivity index (χ0) is 11.4. The van der Waals surface area contributed by atoms with E-state index in [1.54, 1.807) is 0 Å². The second-order valence-electron chi connectivity index (χ2n) is 4.87. The van der Waals surface area contributed by atoms with Gasteiger partial charge in [0.2, 0.25) is 5.91 Å². The van der Waals surface area contributed by atoms with Crippen LogP contribution in [0.4, 0.5) is 0 Å². The molecule has 88 valence electrons. The molecule has 1 aliphatic rings. The van der Waals surface area contributed by atoms with Crippen LogP contribution in [0.15, 0.2) is 0 Å². The summed E-state index contributed by atoms with van der Waals surface area (Å²) in [6.07, 6.45) is 3.58. The molecule has 3 heteroatoms. The van der Waals surface area contributed by atoms with Gasteiger partial charge in [0.25, 0.3) is 0 Å². The summed E-state index contributed by atoms with van der Waals surface area (Å²) in [5, 5.41) is 0.920. The minimum Gasteiger partial charge on any atom is -0.339 e. The number of alkyl halides is 1. The number of nitrogens with zero attached hydrogens (tertiary/aromatic N) is 1. The van der Waals surface area contributed by atoms with E-state index in [2.05, 4.69) is 34.7 Å². The van der Waals surface area contributed by atoms with Gasteiger partial charge in [0.1, 0.15) is 0 Å². The molecule has 0 saturated carbocycles. The molecule has 0 bridgehead atoms. The fourth-order valence-electron chi connectivity index (χ4n) is 2.00. The van der Waals surface area contributed by atoms with Crippen molar-refractivity contribution in [2.45, 2.75) is 46.1 Å². The molecule has 0 radical (unpaired) electrons. The van der Waals surface area contributed by atoms with E-state index in [1.165, 1.54) is 12.8 Å². The lowest BCUT2D eigenvalue weighted by Crippen LogP contribution is -2.47. The Labute approximate surface area is 102 Å². The van der Waals surface area contributed by atoms with Crippen LogP contribution in [0.1, 0.15) is 40.0 Å². The number of hydrogen-bond donors (Lipinski definition) is 0. The number of carbonyl (C=O) groups excluding carboxylic acids is 1. The van der Waals surface area contributed by atoms with Crippen molar-refractivity contribution >= 4 is 21.8 Å². The van der Waals surface area contributed by atoms with Crippen LogP contribution >= 0.6 is 15.9 Å². The van der Waals surface area contributed by atoms with Gasteiger partial charge in [-0.25, -0.2) is 0 Å². The van der Waals surface area contributed by atoms with Crippen LogP contribution in [0, 0.1) is 11.8 Å². The van der Waals surface area contributed by atoms with Gasteiger partial charge in [0.05, 0.1) is 0 Å². The second kappa shape index (κ2) is 5.88. The average Bonchev–Trinajstić information content (AvgIpc) is 2.26. The molecule has 0 aromatic rings. The van der Waals surface area contributed by atoms with E-state index in [0.29, 0.717) is 17.9 Å². The number of rotatable bonds is 3. The van der Waals surface area contributed by atoms with Crippen molar-refractivity contribution in [3.05, 3.63) is 0 Å². The molecule has 0 aromatic carbocycles. The van der Waals surface area contributed by atoms with Crippen molar-refractivity contribution in [3.8, 4) is 0 Å². The summed E-state index contributed by atoms with van der Waals surface area (Å²) in [5.74, 6) is 0.939. The molecule has 1 saturated heterocycles. The van der Waals surface area contributed by atoms with Gasteiger partial charge in [-0.05, 0) is 25.2 Å². The van der Waals surface area contributed by atoms with Crippen molar-refractivity contribution in [2.75, 3.05) is 11.9 Å². The van der Waals surface area contributed by atoms with Crippen molar-refractivity contribution < 1.29 is 4.79 Å². The molecule has 0 N–H and O–H groups in total. The van der Waals surface area contributed by atoms with E-state index in [-0.39, 0.29) is 5.92 Å². The molecule has 1 heterocycles. The molecular formula is C12H22BrNO. The first-order chi connectivity index (χ1) is 7.07. The number of carbonyl (C=O) groups is 1. The number of piperidine rings is 1. The maximum atomic E-state index is 12.2. The Morgan fingerprint density at radius 1 is 1.40 bits per heavy atom. The summed E-state index contributed by atoms with van der Waals surface area (Å²) in [6, 6.07) is 0.424. The fraction of sp³-hybridized carbons (Fsp3) is 0.917. The Kier molecular flexibility index (Phi) is 5.10. The Hall–Kier alpha value is -0.0500. The molecule has 1 amide bonds. The lowest BCUT2D eigenvalue weighted by molar-refractivity contribution is -0.139. The third-order valence-electron chi connectivity index (χ3n) is 3.48. The maximum Gasteiger partial charge on any atom is 0.225 e.